The molecule has 1 aromatic heterocycles. The Morgan fingerprint density at radius 1 is 1.11 bits per heavy atom. The van der Waals surface area contributed by atoms with Crippen molar-refractivity contribution in [3.05, 3.63) is 52.9 Å². The highest BCUT2D eigenvalue weighted by Gasteiger charge is 2.13. The standard InChI is InChI=1S/C21H32N4O2/c1-4-19-18(20(5-2)27-25-19)15-24-21(22-3)23-13-9-10-14-26-16-17-11-7-6-8-12-17/h6-8,11-12H,4-5,9-10,13-16H2,1-3H3,(H2,22,23,24). The van der Waals surface area contributed by atoms with Gasteiger partial charge in [0, 0.05) is 38.7 Å². The van der Waals surface area contributed by atoms with Crippen LogP contribution in [0.5, 0.6) is 0 Å². The summed E-state index contributed by atoms with van der Waals surface area (Å²) in [6.07, 6.45) is 3.76. The third-order valence-electron chi connectivity index (χ3n) is 4.38. The number of nitrogens with zero attached hydrogens (tertiary/aromatic N) is 2. The molecular weight excluding hydrogens is 340 g/mol. The average molecular weight is 373 g/mol. The zero-order valence-electron chi connectivity index (χ0n) is 16.8. The van der Waals surface area contributed by atoms with Crippen molar-refractivity contribution in [2.24, 2.45) is 4.99 Å². The van der Waals surface area contributed by atoms with Crippen LogP contribution in [0, 0.1) is 0 Å². The molecule has 1 aromatic carbocycles. The van der Waals surface area contributed by atoms with Crippen LogP contribution in [0.3, 0.4) is 0 Å². The van der Waals surface area contributed by atoms with Gasteiger partial charge in [0.15, 0.2) is 5.96 Å². The SMILES string of the molecule is CCc1noc(CC)c1CNC(=NC)NCCCCOCc1ccccc1. The molecule has 2 rings (SSSR count). The van der Waals surface area contributed by atoms with Crippen molar-refractivity contribution in [3.8, 4) is 0 Å². The van der Waals surface area contributed by atoms with Gasteiger partial charge >= 0.3 is 0 Å². The van der Waals surface area contributed by atoms with Gasteiger partial charge in [0.25, 0.3) is 0 Å². The summed E-state index contributed by atoms with van der Waals surface area (Å²) in [5, 5.41) is 10.8. The smallest absolute Gasteiger partial charge is 0.191 e. The maximum atomic E-state index is 5.71. The van der Waals surface area contributed by atoms with Crippen molar-refractivity contribution in [1.29, 1.82) is 0 Å². The fourth-order valence-corrected chi connectivity index (χ4v) is 2.83. The van der Waals surface area contributed by atoms with Crippen LogP contribution in [0.15, 0.2) is 39.8 Å². The van der Waals surface area contributed by atoms with Gasteiger partial charge in [0.05, 0.1) is 12.3 Å². The summed E-state index contributed by atoms with van der Waals surface area (Å²) in [6, 6.07) is 10.3. The summed E-state index contributed by atoms with van der Waals surface area (Å²) in [5.41, 5.74) is 3.38. The minimum absolute atomic E-state index is 0.676. The van der Waals surface area contributed by atoms with Gasteiger partial charge in [-0.05, 0) is 24.8 Å². The molecule has 0 saturated heterocycles. The van der Waals surface area contributed by atoms with Crippen LogP contribution in [0.4, 0.5) is 0 Å². The molecule has 0 atom stereocenters. The van der Waals surface area contributed by atoms with Crippen LogP contribution in [0.25, 0.3) is 0 Å². The van der Waals surface area contributed by atoms with Crippen molar-refractivity contribution in [2.45, 2.75) is 52.7 Å². The van der Waals surface area contributed by atoms with Crippen molar-refractivity contribution in [2.75, 3.05) is 20.2 Å². The Balaban J connectivity index is 1.61. The minimum Gasteiger partial charge on any atom is -0.377 e. The fourth-order valence-electron chi connectivity index (χ4n) is 2.83. The number of guanidine groups is 1. The summed E-state index contributed by atoms with van der Waals surface area (Å²) in [4.78, 5) is 4.28. The van der Waals surface area contributed by atoms with Gasteiger partial charge in [-0.2, -0.15) is 0 Å². The van der Waals surface area contributed by atoms with Crippen LogP contribution in [-0.2, 0) is 30.7 Å². The lowest BCUT2D eigenvalue weighted by atomic mass is 10.1. The topological polar surface area (TPSA) is 71.7 Å². The zero-order chi connectivity index (χ0) is 19.3. The van der Waals surface area contributed by atoms with E-state index >= 15 is 0 Å². The van der Waals surface area contributed by atoms with E-state index in [4.69, 9.17) is 9.26 Å². The monoisotopic (exact) mass is 372 g/mol. The number of aromatic nitrogens is 1. The Kier molecular flexibility index (Phi) is 9.41. The molecule has 6 heteroatoms. The summed E-state index contributed by atoms with van der Waals surface area (Å²) in [5.74, 6) is 1.75. The molecule has 6 nitrogen and oxygen atoms in total. The molecular formula is C21H32N4O2. The molecule has 0 fully saturated rings. The second-order valence-electron chi connectivity index (χ2n) is 6.34. The van der Waals surface area contributed by atoms with Gasteiger partial charge in [0.2, 0.25) is 0 Å². The number of hydrogen-bond acceptors (Lipinski definition) is 4. The number of benzene rings is 1. The van der Waals surface area contributed by atoms with Crippen molar-refractivity contribution in [1.82, 2.24) is 15.8 Å². The molecule has 0 saturated carbocycles. The maximum absolute atomic E-state index is 5.71. The van der Waals surface area contributed by atoms with E-state index in [0.717, 1.165) is 61.8 Å². The molecule has 148 valence electrons. The van der Waals surface area contributed by atoms with Crippen LogP contribution >= 0.6 is 0 Å². The average Bonchev–Trinajstić information content (AvgIpc) is 3.12. The molecule has 27 heavy (non-hydrogen) atoms. The number of rotatable bonds is 11. The highest BCUT2D eigenvalue weighted by atomic mass is 16.5. The Labute approximate surface area is 162 Å². The maximum Gasteiger partial charge on any atom is 0.191 e. The molecule has 0 radical (unpaired) electrons. The normalized spacial score (nSPS) is 11.6. The number of unbranched alkanes of at least 4 members (excludes halogenated alkanes) is 1. The molecule has 2 N–H and O–H groups in total. The molecule has 0 aliphatic rings. The van der Waals surface area contributed by atoms with E-state index in [1.807, 2.05) is 18.2 Å². The van der Waals surface area contributed by atoms with Crippen molar-refractivity contribution < 1.29 is 9.26 Å². The highest BCUT2D eigenvalue weighted by Crippen LogP contribution is 2.15. The van der Waals surface area contributed by atoms with Gasteiger partial charge in [-0.25, -0.2) is 0 Å². The highest BCUT2D eigenvalue weighted by molar-refractivity contribution is 5.79. The predicted molar refractivity (Wildman–Crippen MR) is 109 cm³/mol. The second kappa shape index (κ2) is 12.1. The Bertz CT molecular complexity index is 661. The first-order chi connectivity index (χ1) is 13.3. The van der Waals surface area contributed by atoms with Crippen LogP contribution in [-0.4, -0.2) is 31.3 Å². The van der Waals surface area contributed by atoms with Gasteiger partial charge in [-0.15, -0.1) is 0 Å². The second-order valence-corrected chi connectivity index (χ2v) is 6.34. The molecule has 0 aliphatic heterocycles. The summed E-state index contributed by atoms with van der Waals surface area (Å²) >= 11 is 0. The van der Waals surface area contributed by atoms with Crippen LogP contribution < -0.4 is 10.6 Å². The predicted octanol–water partition coefficient (Wildman–Crippen LogP) is 3.46. The lowest BCUT2D eigenvalue weighted by Crippen LogP contribution is -2.37. The fraction of sp³-hybridized carbons (Fsp3) is 0.524. The van der Waals surface area contributed by atoms with E-state index in [9.17, 15) is 0 Å². The minimum atomic E-state index is 0.676. The number of aryl methyl sites for hydroxylation is 2. The molecule has 0 unspecified atom stereocenters. The quantitative estimate of drug-likeness (QED) is 0.359. The first kappa shape index (κ1) is 21.0. The third-order valence-corrected chi connectivity index (χ3v) is 4.38. The first-order valence-electron chi connectivity index (χ1n) is 9.80. The Morgan fingerprint density at radius 2 is 1.93 bits per heavy atom. The first-order valence-corrected chi connectivity index (χ1v) is 9.80. The summed E-state index contributed by atoms with van der Waals surface area (Å²) in [6.45, 7) is 7.15. The van der Waals surface area contributed by atoms with Gasteiger partial charge in [-0.1, -0.05) is 49.3 Å². The summed E-state index contributed by atoms with van der Waals surface area (Å²) < 4.78 is 11.1. The summed E-state index contributed by atoms with van der Waals surface area (Å²) in [7, 11) is 1.79. The molecule has 0 amide bonds. The number of hydrogen-bond donors (Lipinski definition) is 2. The third kappa shape index (κ3) is 7.06. The van der Waals surface area contributed by atoms with Crippen molar-refractivity contribution >= 4 is 5.96 Å². The number of aliphatic imine (C=N–C) groups is 1. The van der Waals surface area contributed by atoms with E-state index in [0.29, 0.717) is 13.2 Å². The van der Waals surface area contributed by atoms with Crippen LogP contribution in [0.2, 0.25) is 0 Å². The largest absolute Gasteiger partial charge is 0.377 e. The number of nitrogens with one attached hydrogen (secondary N) is 2. The Hall–Kier alpha value is -2.34. The van der Waals surface area contributed by atoms with Crippen LogP contribution in [0.1, 0.15) is 49.3 Å². The lowest BCUT2D eigenvalue weighted by molar-refractivity contribution is 0.117. The van der Waals surface area contributed by atoms with Crippen molar-refractivity contribution in [3.63, 3.8) is 0 Å². The van der Waals surface area contributed by atoms with Gasteiger partial charge < -0.3 is 19.9 Å². The Morgan fingerprint density at radius 3 is 2.63 bits per heavy atom. The van der Waals surface area contributed by atoms with E-state index in [2.05, 4.69) is 46.8 Å². The van der Waals surface area contributed by atoms with E-state index < -0.39 is 0 Å². The molecule has 2 aromatic rings. The molecule has 0 spiro atoms. The molecule has 1 heterocycles. The molecule has 0 bridgehead atoms. The van der Waals surface area contributed by atoms with E-state index in [1.54, 1.807) is 7.05 Å². The number of ether oxygens (including phenoxy) is 1. The van der Waals surface area contributed by atoms with Gasteiger partial charge in [-0.3, -0.25) is 4.99 Å². The molecule has 0 aliphatic carbocycles. The zero-order valence-corrected chi connectivity index (χ0v) is 16.8. The van der Waals surface area contributed by atoms with E-state index in [1.165, 1.54) is 5.56 Å². The van der Waals surface area contributed by atoms with E-state index in [-0.39, 0.29) is 0 Å². The lowest BCUT2D eigenvalue weighted by Gasteiger charge is -2.12. The van der Waals surface area contributed by atoms with Gasteiger partial charge in [0.1, 0.15) is 5.76 Å².